The Labute approximate surface area is 122 Å². The van der Waals surface area contributed by atoms with Crippen molar-refractivity contribution in [2.45, 2.75) is 13.0 Å². The zero-order valence-corrected chi connectivity index (χ0v) is 11.8. The van der Waals surface area contributed by atoms with Crippen LogP contribution in [0.4, 0.5) is 5.69 Å². The van der Waals surface area contributed by atoms with E-state index in [0.29, 0.717) is 11.3 Å². The maximum absolute atomic E-state index is 12.3. The highest BCUT2D eigenvalue weighted by Gasteiger charge is 2.16. The van der Waals surface area contributed by atoms with Crippen molar-refractivity contribution >= 4 is 11.6 Å². The number of aliphatic hydroxyl groups is 1. The number of benzene rings is 2. The van der Waals surface area contributed by atoms with Gasteiger partial charge in [0.05, 0.1) is 18.8 Å². The van der Waals surface area contributed by atoms with Gasteiger partial charge in [-0.05, 0) is 25.1 Å². The first-order chi connectivity index (χ1) is 10.0. The van der Waals surface area contributed by atoms with Gasteiger partial charge in [0.2, 0.25) is 0 Å². The first-order valence-corrected chi connectivity index (χ1v) is 6.49. The van der Waals surface area contributed by atoms with E-state index >= 15 is 0 Å². The van der Waals surface area contributed by atoms with Crippen LogP contribution in [-0.4, -0.2) is 23.2 Å². The van der Waals surface area contributed by atoms with Crippen LogP contribution in [0.5, 0.6) is 11.5 Å². The number of nitrogens with one attached hydrogen (secondary N) is 1. The van der Waals surface area contributed by atoms with Crippen LogP contribution >= 0.6 is 0 Å². The lowest BCUT2D eigenvalue weighted by atomic mass is 10.1. The summed E-state index contributed by atoms with van der Waals surface area (Å²) in [5.74, 6) is -0.460. The lowest BCUT2D eigenvalue weighted by Gasteiger charge is -2.14. The van der Waals surface area contributed by atoms with Gasteiger partial charge in [0.15, 0.2) is 11.5 Å². The van der Waals surface area contributed by atoms with Crippen molar-refractivity contribution in [3.8, 4) is 11.5 Å². The fraction of sp³-hybridized carbons (Fsp3) is 0.188. The Balaban J connectivity index is 2.31. The number of methoxy groups -OCH3 is 1. The van der Waals surface area contributed by atoms with Gasteiger partial charge in [0, 0.05) is 11.3 Å². The summed E-state index contributed by atoms with van der Waals surface area (Å²) in [6.45, 7) is 1.62. The molecule has 1 unspecified atom stereocenters. The zero-order chi connectivity index (χ0) is 15.4. The number of carbonyl (C=O) groups is 1. The van der Waals surface area contributed by atoms with Gasteiger partial charge in [0.1, 0.15) is 0 Å². The first-order valence-electron chi connectivity index (χ1n) is 6.49. The van der Waals surface area contributed by atoms with Crippen LogP contribution in [0, 0.1) is 0 Å². The minimum Gasteiger partial charge on any atom is -0.504 e. The number of hydrogen-bond acceptors (Lipinski definition) is 4. The molecule has 5 nitrogen and oxygen atoms in total. The minimum absolute atomic E-state index is 0.106. The van der Waals surface area contributed by atoms with Gasteiger partial charge in [-0.25, -0.2) is 0 Å². The number of rotatable bonds is 4. The Morgan fingerprint density at radius 1 is 1.19 bits per heavy atom. The fourth-order valence-corrected chi connectivity index (χ4v) is 2.04. The molecule has 0 aromatic heterocycles. The Kier molecular flexibility index (Phi) is 4.45. The molecule has 3 N–H and O–H groups in total. The van der Waals surface area contributed by atoms with E-state index in [1.54, 1.807) is 43.3 Å². The molecular weight excluding hydrogens is 270 g/mol. The average Bonchev–Trinajstić information content (AvgIpc) is 2.47. The number of ether oxygens (including phenoxy) is 1. The molecule has 110 valence electrons. The number of phenols is 1. The molecule has 2 aromatic rings. The molecule has 0 heterocycles. The summed E-state index contributed by atoms with van der Waals surface area (Å²) in [5, 5.41) is 22.4. The highest BCUT2D eigenvalue weighted by Crippen LogP contribution is 2.30. The summed E-state index contributed by atoms with van der Waals surface area (Å²) in [6, 6.07) is 11.6. The van der Waals surface area contributed by atoms with Crippen molar-refractivity contribution in [3.63, 3.8) is 0 Å². The smallest absolute Gasteiger partial charge is 0.259 e. The maximum atomic E-state index is 12.3. The molecule has 1 amide bonds. The van der Waals surface area contributed by atoms with E-state index in [4.69, 9.17) is 4.74 Å². The summed E-state index contributed by atoms with van der Waals surface area (Å²) >= 11 is 0. The third-order valence-corrected chi connectivity index (χ3v) is 3.12. The van der Waals surface area contributed by atoms with Crippen molar-refractivity contribution in [1.29, 1.82) is 0 Å². The molecule has 0 bridgehead atoms. The molecule has 0 saturated heterocycles. The molecule has 21 heavy (non-hydrogen) atoms. The molecule has 0 spiro atoms. The molecule has 0 aliphatic heterocycles. The third kappa shape index (κ3) is 3.14. The van der Waals surface area contributed by atoms with Crippen molar-refractivity contribution < 1.29 is 19.7 Å². The molecule has 0 saturated carbocycles. The Morgan fingerprint density at radius 3 is 2.57 bits per heavy atom. The van der Waals surface area contributed by atoms with Crippen LogP contribution in [0.1, 0.15) is 28.9 Å². The molecule has 0 fully saturated rings. The minimum atomic E-state index is -0.708. The molecule has 2 aromatic carbocycles. The van der Waals surface area contributed by atoms with E-state index in [0.717, 1.165) is 0 Å². The molecule has 1 atom stereocenters. The molecule has 0 aliphatic carbocycles. The zero-order valence-electron chi connectivity index (χ0n) is 11.8. The van der Waals surface area contributed by atoms with Gasteiger partial charge in [-0.15, -0.1) is 0 Å². The molecule has 0 radical (unpaired) electrons. The molecular formula is C16H17NO4. The maximum Gasteiger partial charge on any atom is 0.259 e. The molecule has 2 rings (SSSR count). The van der Waals surface area contributed by atoms with Gasteiger partial charge < -0.3 is 20.3 Å². The van der Waals surface area contributed by atoms with Crippen molar-refractivity contribution in [3.05, 3.63) is 53.6 Å². The third-order valence-electron chi connectivity index (χ3n) is 3.12. The van der Waals surface area contributed by atoms with E-state index in [9.17, 15) is 15.0 Å². The first kappa shape index (κ1) is 14.9. The second-order valence-corrected chi connectivity index (χ2v) is 4.57. The van der Waals surface area contributed by atoms with E-state index < -0.39 is 12.0 Å². The van der Waals surface area contributed by atoms with E-state index in [2.05, 4.69) is 5.32 Å². The normalized spacial score (nSPS) is 11.8. The van der Waals surface area contributed by atoms with Crippen molar-refractivity contribution in [2.75, 3.05) is 12.4 Å². The number of para-hydroxylation sites is 2. The highest BCUT2D eigenvalue weighted by atomic mass is 16.5. The monoisotopic (exact) mass is 287 g/mol. The van der Waals surface area contributed by atoms with Crippen molar-refractivity contribution in [2.24, 2.45) is 0 Å². The second kappa shape index (κ2) is 6.28. The second-order valence-electron chi connectivity index (χ2n) is 4.57. The van der Waals surface area contributed by atoms with Crippen LogP contribution in [0.15, 0.2) is 42.5 Å². The largest absolute Gasteiger partial charge is 0.504 e. The van der Waals surface area contributed by atoms with Gasteiger partial charge in [-0.3, -0.25) is 4.79 Å². The number of amides is 1. The van der Waals surface area contributed by atoms with Crippen LogP contribution in [-0.2, 0) is 0 Å². The van der Waals surface area contributed by atoms with Gasteiger partial charge in [0.25, 0.3) is 5.91 Å². The Hall–Kier alpha value is -2.53. The predicted molar refractivity (Wildman–Crippen MR) is 79.7 cm³/mol. The summed E-state index contributed by atoms with van der Waals surface area (Å²) in [5.41, 5.74) is 1.21. The molecule has 0 aliphatic rings. The number of aromatic hydroxyl groups is 1. The van der Waals surface area contributed by atoms with E-state index in [-0.39, 0.29) is 17.1 Å². The van der Waals surface area contributed by atoms with Crippen LogP contribution in [0.2, 0.25) is 0 Å². The van der Waals surface area contributed by atoms with Crippen LogP contribution in [0.25, 0.3) is 0 Å². The standard InChI is InChI=1S/C16H17NO4/c1-10(18)11-6-3-4-8-13(11)17-16(20)12-7-5-9-14(21-2)15(12)19/h3-10,18-19H,1-2H3,(H,17,20). The SMILES string of the molecule is COc1cccc(C(=O)Nc2ccccc2C(C)O)c1O. The predicted octanol–water partition coefficient (Wildman–Crippen LogP) is 2.71. The van der Waals surface area contributed by atoms with Crippen LogP contribution in [0.3, 0.4) is 0 Å². The summed E-state index contributed by atoms with van der Waals surface area (Å²) < 4.78 is 4.98. The Bertz CT molecular complexity index is 652. The Morgan fingerprint density at radius 2 is 1.90 bits per heavy atom. The van der Waals surface area contributed by atoms with Gasteiger partial charge in [-0.1, -0.05) is 24.3 Å². The van der Waals surface area contributed by atoms with Crippen molar-refractivity contribution in [1.82, 2.24) is 0 Å². The lowest BCUT2D eigenvalue weighted by molar-refractivity contribution is 0.102. The quantitative estimate of drug-likeness (QED) is 0.808. The van der Waals surface area contributed by atoms with Crippen LogP contribution < -0.4 is 10.1 Å². The lowest BCUT2D eigenvalue weighted by Crippen LogP contribution is -2.14. The van der Waals surface area contributed by atoms with E-state index in [1.165, 1.54) is 13.2 Å². The highest BCUT2D eigenvalue weighted by molar-refractivity contribution is 6.07. The summed E-state index contributed by atoms with van der Waals surface area (Å²) in [4.78, 5) is 12.3. The summed E-state index contributed by atoms with van der Waals surface area (Å²) in [6.07, 6.45) is -0.708. The number of hydrogen-bond donors (Lipinski definition) is 3. The number of aliphatic hydroxyl groups excluding tert-OH is 1. The fourth-order valence-electron chi connectivity index (χ4n) is 2.04. The number of carbonyl (C=O) groups excluding carboxylic acids is 1. The van der Waals surface area contributed by atoms with Gasteiger partial charge in [-0.2, -0.15) is 0 Å². The topological polar surface area (TPSA) is 78.8 Å². The average molecular weight is 287 g/mol. The molecule has 5 heteroatoms. The van der Waals surface area contributed by atoms with E-state index in [1.807, 2.05) is 0 Å². The number of anilines is 1. The number of phenolic OH excluding ortho intramolecular Hbond substituents is 1. The van der Waals surface area contributed by atoms with Gasteiger partial charge >= 0.3 is 0 Å². The summed E-state index contributed by atoms with van der Waals surface area (Å²) in [7, 11) is 1.42.